The molecule has 1 aromatic heterocycles. The van der Waals surface area contributed by atoms with E-state index < -0.39 is 0 Å². The molecule has 0 N–H and O–H groups in total. The average molecular weight is 192 g/mol. The van der Waals surface area contributed by atoms with Crippen molar-refractivity contribution in [2.24, 2.45) is 0 Å². The Labute approximate surface area is 79.9 Å². The third-order valence-corrected chi connectivity index (χ3v) is 2.53. The van der Waals surface area contributed by atoms with Gasteiger partial charge in [0.05, 0.1) is 0 Å². The van der Waals surface area contributed by atoms with Gasteiger partial charge in [-0.25, -0.2) is 9.37 Å². The Hall–Kier alpha value is -1.22. The molecule has 3 heteroatoms. The first-order valence-corrected chi connectivity index (χ1v) is 4.61. The highest BCUT2D eigenvalue weighted by atomic mass is 32.1. The van der Waals surface area contributed by atoms with E-state index in [0.29, 0.717) is 0 Å². The maximum absolute atomic E-state index is 12.8. The predicted molar refractivity (Wildman–Crippen MR) is 52.0 cm³/mol. The Bertz CT molecular complexity index is 422. The van der Waals surface area contributed by atoms with Crippen LogP contribution in [0.15, 0.2) is 30.5 Å². The number of halogens is 1. The van der Waals surface area contributed by atoms with E-state index in [1.165, 1.54) is 23.5 Å². The van der Waals surface area contributed by atoms with Gasteiger partial charge in [0, 0.05) is 16.6 Å². The molecule has 2 rings (SSSR count). The Morgan fingerprint density at radius 3 is 2.85 bits per heavy atom. The fraction of sp³-hybridized carbons (Fsp3) is 0. The van der Waals surface area contributed by atoms with Crippen LogP contribution in [0.4, 0.5) is 4.39 Å². The van der Waals surface area contributed by atoms with Gasteiger partial charge in [0.1, 0.15) is 10.8 Å². The van der Waals surface area contributed by atoms with Crippen molar-refractivity contribution in [3.8, 4) is 10.6 Å². The zero-order chi connectivity index (χ0) is 9.26. The van der Waals surface area contributed by atoms with Gasteiger partial charge >= 0.3 is 0 Å². The SMILES string of the molecule is [CH2]c1cnc(-c2cccc(F)c2)s1. The van der Waals surface area contributed by atoms with Gasteiger partial charge in [-0.1, -0.05) is 12.1 Å². The van der Waals surface area contributed by atoms with E-state index in [1.807, 2.05) is 6.07 Å². The molecule has 1 aromatic carbocycles. The van der Waals surface area contributed by atoms with Crippen molar-refractivity contribution < 1.29 is 4.39 Å². The van der Waals surface area contributed by atoms with Crippen molar-refractivity contribution in [1.29, 1.82) is 0 Å². The zero-order valence-corrected chi connectivity index (χ0v) is 7.64. The standard InChI is InChI=1S/C10H7FNS/c1-7-6-12-10(13-7)8-3-2-4-9(11)5-8/h2-6H,1H2. The summed E-state index contributed by atoms with van der Waals surface area (Å²) in [5.74, 6) is -0.238. The smallest absolute Gasteiger partial charge is 0.123 e. The lowest BCUT2D eigenvalue weighted by Crippen LogP contribution is -1.77. The van der Waals surface area contributed by atoms with Crippen molar-refractivity contribution in [3.05, 3.63) is 48.1 Å². The number of hydrogen-bond acceptors (Lipinski definition) is 2. The second kappa shape index (κ2) is 3.26. The van der Waals surface area contributed by atoms with Gasteiger partial charge in [-0.2, -0.15) is 0 Å². The van der Waals surface area contributed by atoms with Gasteiger partial charge in [-0.15, -0.1) is 11.3 Å². The molecule has 0 aliphatic carbocycles. The molecule has 0 atom stereocenters. The van der Waals surface area contributed by atoms with E-state index in [9.17, 15) is 4.39 Å². The largest absolute Gasteiger partial charge is 0.244 e. The minimum absolute atomic E-state index is 0.238. The minimum Gasteiger partial charge on any atom is -0.244 e. The molecule has 2 aromatic rings. The molecular weight excluding hydrogens is 185 g/mol. The van der Waals surface area contributed by atoms with Gasteiger partial charge < -0.3 is 0 Å². The maximum atomic E-state index is 12.8. The van der Waals surface area contributed by atoms with Crippen molar-refractivity contribution >= 4 is 11.3 Å². The molecule has 13 heavy (non-hydrogen) atoms. The summed E-state index contributed by atoms with van der Waals surface area (Å²) in [7, 11) is 0. The molecule has 1 nitrogen and oxygen atoms in total. The van der Waals surface area contributed by atoms with Crippen LogP contribution < -0.4 is 0 Å². The van der Waals surface area contributed by atoms with Crippen molar-refractivity contribution in [2.45, 2.75) is 0 Å². The first-order chi connectivity index (χ1) is 6.25. The third kappa shape index (κ3) is 1.75. The summed E-state index contributed by atoms with van der Waals surface area (Å²) >= 11 is 1.46. The number of hydrogen-bond donors (Lipinski definition) is 0. The highest BCUT2D eigenvalue weighted by molar-refractivity contribution is 7.15. The fourth-order valence-electron chi connectivity index (χ4n) is 1.06. The monoisotopic (exact) mass is 192 g/mol. The Morgan fingerprint density at radius 1 is 1.38 bits per heavy atom. The molecule has 0 aliphatic rings. The summed E-state index contributed by atoms with van der Waals surface area (Å²) in [6, 6.07) is 6.40. The first-order valence-electron chi connectivity index (χ1n) is 3.79. The lowest BCUT2D eigenvalue weighted by molar-refractivity contribution is 0.628. The van der Waals surface area contributed by atoms with Crippen LogP contribution in [0.5, 0.6) is 0 Å². The summed E-state index contributed by atoms with van der Waals surface area (Å²) in [6.45, 7) is 3.75. The lowest BCUT2D eigenvalue weighted by atomic mass is 10.2. The summed E-state index contributed by atoms with van der Waals surface area (Å²) in [6.07, 6.45) is 1.69. The number of benzene rings is 1. The number of rotatable bonds is 1. The van der Waals surface area contributed by atoms with E-state index in [2.05, 4.69) is 11.9 Å². The maximum Gasteiger partial charge on any atom is 0.123 e. The van der Waals surface area contributed by atoms with Gasteiger partial charge in [0.2, 0.25) is 0 Å². The zero-order valence-electron chi connectivity index (χ0n) is 6.83. The lowest BCUT2D eigenvalue weighted by Gasteiger charge is -1.94. The first kappa shape index (κ1) is 8.38. The van der Waals surface area contributed by atoms with E-state index in [-0.39, 0.29) is 5.82 Å². The molecule has 0 saturated carbocycles. The quantitative estimate of drug-likeness (QED) is 0.676. The molecule has 1 radical (unpaired) electrons. The highest BCUT2D eigenvalue weighted by Crippen LogP contribution is 2.24. The highest BCUT2D eigenvalue weighted by Gasteiger charge is 2.02. The molecule has 65 valence electrons. The Morgan fingerprint density at radius 2 is 2.23 bits per heavy atom. The second-order valence-electron chi connectivity index (χ2n) is 2.64. The van der Waals surface area contributed by atoms with Crippen LogP contribution >= 0.6 is 11.3 Å². The molecule has 0 fully saturated rings. The van der Waals surface area contributed by atoms with Crippen LogP contribution in [0, 0.1) is 12.7 Å². The van der Waals surface area contributed by atoms with Crippen LogP contribution in [-0.2, 0) is 0 Å². The molecule has 1 heterocycles. The molecule has 0 saturated heterocycles. The van der Waals surface area contributed by atoms with Gasteiger partial charge in [0.15, 0.2) is 0 Å². The van der Waals surface area contributed by atoms with E-state index in [1.54, 1.807) is 12.3 Å². The Kier molecular flexibility index (Phi) is 2.10. The van der Waals surface area contributed by atoms with Crippen LogP contribution in [0.1, 0.15) is 4.88 Å². The fourth-order valence-corrected chi connectivity index (χ4v) is 1.77. The summed E-state index contributed by atoms with van der Waals surface area (Å²) in [4.78, 5) is 5.00. The molecule has 0 spiro atoms. The summed E-state index contributed by atoms with van der Waals surface area (Å²) in [5, 5.41) is 0.810. The molecule has 0 unspecified atom stereocenters. The number of aromatic nitrogens is 1. The van der Waals surface area contributed by atoms with Crippen LogP contribution in [-0.4, -0.2) is 4.98 Å². The van der Waals surface area contributed by atoms with Crippen molar-refractivity contribution in [3.63, 3.8) is 0 Å². The molecule has 0 amide bonds. The predicted octanol–water partition coefficient (Wildman–Crippen LogP) is 3.13. The summed E-state index contributed by atoms with van der Waals surface area (Å²) in [5.41, 5.74) is 0.805. The normalized spacial score (nSPS) is 10.3. The van der Waals surface area contributed by atoms with Crippen molar-refractivity contribution in [2.75, 3.05) is 0 Å². The van der Waals surface area contributed by atoms with Crippen LogP contribution in [0.3, 0.4) is 0 Å². The van der Waals surface area contributed by atoms with Gasteiger partial charge in [-0.3, -0.25) is 0 Å². The molecular formula is C10H7FNS. The van der Waals surface area contributed by atoms with E-state index in [0.717, 1.165) is 15.4 Å². The molecule has 0 aliphatic heterocycles. The average Bonchev–Trinajstić information content (AvgIpc) is 2.52. The Balaban J connectivity index is 2.46. The van der Waals surface area contributed by atoms with Crippen molar-refractivity contribution in [1.82, 2.24) is 4.98 Å². The number of nitrogens with zero attached hydrogens (tertiary/aromatic N) is 1. The van der Waals surface area contributed by atoms with Crippen LogP contribution in [0.25, 0.3) is 10.6 Å². The van der Waals surface area contributed by atoms with E-state index >= 15 is 0 Å². The third-order valence-electron chi connectivity index (χ3n) is 1.63. The second-order valence-corrected chi connectivity index (χ2v) is 3.76. The van der Waals surface area contributed by atoms with Gasteiger partial charge in [0.25, 0.3) is 0 Å². The number of thiazole rings is 1. The van der Waals surface area contributed by atoms with E-state index in [4.69, 9.17) is 0 Å². The topological polar surface area (TPSA) is 12.9 Å². The van der Waals surface area contributed by atoms with Crippen LogP contribution in [0.2, 0.25) is 0 Å². The summed E-state index contributed by atoms with van der Waals surface area (Å²) < 4.78 is 12.8. The van der Waals surface area contributed by atoms with Gasteiger partial charge in [-0.05, 0) is 19.1 Å². The molecule has 0 bridgehead atoms. The minimum atomic E-state index is -0.238.